The van der Waals surface area contributed by atoms with Crippen molar-refractivity contribution in [2.75, 3.05) is 0 Å². The first-order valence-electron chi connectivity index (χ1n) is 8.73. The van der Waals surface area contributed by atoms with E-state index in [9.17, 15) is 18.4 Å². The zero-order chi connectivity index (χ0) is 21.2. The van der Waals surface area contributed by atoms with Gasteiger partial charge in [0.1, 0.15) is 16.5 Å². The van der Waals surface area contributed by atoms with Crippen molar-refractivity contribution in [3.05, 3.63) is 62.4 Å². The van der Waals surface area contributed by atoms with Gasteiger partial charge in [-0.3, -0.25) is 14.0 Å². The van der Waals surface area contributed by atoms with Crippen LogP contribution in [0.15, 0.2) is 29.1 Å². The molecule has 0 aliphatic heterocycles. The van der Waals surface area contributed by atoms with Gasteiger partial charge in [0.25, 0.3) is 11.5 Å². The number of aromatic nitrogens is 4. The number of carbonyl (C=O) groups is 1. The first kappa shape index (κ1) is 21.7. The van der Waals surface area contributed by atoms with Crippen LogP contribution in [0.4, 0.5) is 8.78 Å². The van der Waals surface area contributed by atoms with Crippen LogP contribution in [0.25, 0.3) is 5.65 Å². The fraction of sp³-hybridized carbons (Fsp3) is 0.368. The van der Waals surface area contributed by atoms with Crippen molar-refractivity contribution in [2.45, 2.75) is 47.1 Å². The number of Topliss-reactive ketones (excluding diaryl/α,β-unsaturated/α-hetero) is 1. The van der Waals surface area contributed by atoms with E-state index < -0.39 is 17.2 Å². The Balaban J connectivity index is 0.00000136. The summed E-state index contributed by atoms with van der Waals surface area (Å²) in [6, 6.07) is 5.62. The predicted molar refractivity (Wildman–Crippen MR) is 103 cm³/mol. The van der Waals surface area contributed by atoms with Gasteiger partial charge in [0.2, 0.25) is 0 Å². The van der Waals surface area contributed by atoms with Gasteiger partial charge in [0, 0.05) is 26.0 Å². The number of hydrogen-bond donors (Lipinski definition) is 0. The summed E-state index contributed by atoms with van der Waals surface area (Å²) >= 11 is 5.96. The third-order valence-electron chi connectivity index (χ3n) is 3.90. The summed E-state index contributed by atoms with van der Waals surface area (Å²) in [5.41, 5.74) is 0.595. The van der Waals surface area contributed by atoms with Crippen LogP contribution in [0.1, 0.15) is 55.1 Å². The summed E-state index contributed by atoms with van der Waals surface area (Å²) in [5.74, 6) is -3.38. The van der Waals surface area contributed by atoms with Gasteiger partial charge in [-0.15, -0.1) is 0 Å². The Bertz CT molecular complexity index is 1080. The smallest absolute Gasteiger partial charge is 0.288 e. The molecule has 0 aromatic carbocycles. The molecule has 0 unspecified atom stereocenters. The number of aryl methyl sites for hydroxylation is 1. The topological polar surface area (TPSA) is 69.3 Å². The Morgan fingerprint density at radius 1 is 1.25 bits per heavy atom. The average Bonchev–Trinajstić information content (AvgIpc) is 2.98. The third kappa shape index (κ3) is 4.27. The lowest BCUT2D eigenvalue weighted by atomic mass is 10.1. The van der Waals surface area contributed by atoms with Gasteiger partial charge in [-0.05, 0) is 18.6 Å². The molecule has 0 saturated carbocycles. The summed E-state index contributed by atoms with van der Waals surface area (Å²) in [5, 5.41) is 3.79. The van der Waals surface area contributed by atoms with Crippen molar-refractivity contribution < 1.29 is 13.6 Å². The quantitative estimate of drug-likeness (QED) is 0.603. The summed E-state index contributed by atoms with van der Waals surface area (Å²) in [4.78, 5) is 28.7. The number of halogens is 3. The maximum atomic E-state index is 13.4. The van der Waals surface area contributed by atoms with E-state index in [0.29, 0.717) is 11.3 Å². The molecule has 3 aromatic rings. The van der Waals surface area contributed by atoms with Crippen LogP contribution in [-0.2, 0) is 12.5 Å². The van der Waals surface area contributed by atoms with Crippen molar-refractivity contribution in [3.63, 3.8) is 0 Å². The number of carbonyl (C=O) groups excluding carboxylic acids is 1. The maximum Gasteiger partial charge on any atom is 0.288 e. The molecule has 6 nitrogen and oxygen atoms in total. The minimum Gasteiger partial charge on any atom is -0.293 e. The molecule has 3 rings (SSSR count). The van der Waals surface area contributed by atoms with Gasteiger partial charge >= 0.3 is 0 Å². The molecule has 0 fully saturated rings. The summed E-state index contributed by atoms with van der Waals surface area (Å²) < 4.78 is 29.1. The van der Waals surface area contributed by atoms with Crippen LogP contribution in [0, 0.1) is 6.92 Å². The fourth-order valence-electron chi connectivity index (χ4n) is 2.73. The molecule has 3 aromatic heterocycles. The Kier molecular flexibility index (Phi) is 6.34. The van der Waals surface area contributed by atoms with Gasteiger partial charge in [0.05, 0.1) is 17.9 Å². The maximum absolute atomic E-state index is 13.4. The monoisotopic (exact) mass is 410 g/mol. The van der Waals surface area contributed by atoms with Gasteiger partial charge in [-0.25, -0.2) is 9.67 Å². The molecule has 0 amide bonds. The third-order valence-corrected chi connectivity index (χ3v) is 4.21. The van der Waals surface area contributed by atoms with Crippen molar-refractivity contribution in [3.8, 4) is 0 Å². The number of hydrogen-bond acceptors (Lipinski definition) is 4. The highest BCUT2D eigenvalue weighted by atomic mass is 35.5. The minimum atomic E-state index is -3.13. The Morgan fingerprint density at radius 2 is 1.89 bits per heavy atom. The second kappa shape index (κ2) is 8.18. The average molecular weight is 411 g/mol. The van der Waals surface area contributed by atoms with Crippen LogP contribution >= 0.6 is 11.6 Å². The Labute approximate surface area is 165 Å². The zero-order valence-electron chi connectivity index (χ0n) is 16.3. The molecule has 0 aliphatic rings. The molecular weight excluding hydrogens is 390 g/mol. The molecular formula is C19H21ClF2N4O2. The summed E-state index contributed by atoms with van der Waals surface area (Å²) in [6.45, 7) is 7.77. The Hall–Kier alpha value is -2.61. The highest BCUT2D eigenvalue weighted by molar-refractivity contribution is 6.29. The number of alkyl halides is 2. The van der Waals surface area contributed by atoms with Gasteiger partial charge in [-0.1, -0.05) is 31.5 Å². The van der Waals surface area contributed by atoms with E-state index in [4.69, 9.17) is 11.6 Å². The highest BCUT2D eigenvalue weighted by Gasteiger charge is 2.29. The van der Waals surface area contributed by atoms with Gasteiger partial charge < -0.3 is 0 Å². The molecule has 0 spiro atoms. The molecule has 9 heteroatoms. The van der Waals surface area contributed by atoms with Crippen molar-refractivity contribution >= 4 is 23.0 Å². The lowest BCUT2D eigenvalue weighted by molar-refractivity contribution is 0.0121. The van der Waals surface area contributed by atoms with Crippen LogP contribution in [-0.4, -0.2) is 24.9 Å². The Morgan fingerprint density at radius 3 is 2.43 bits per heavy atom. The van der Waals surface area contributed by atoms with E-state index in [-0.39, 0.29) is 28.8 Å². The normalized spacial score (nSPS) is 11.3. The second-order valence-corrected chi connectivity index (χ2v) is 6.49. The lowest BCUT2D eigenvalue weighted by Crippen LogP contribution is -2.22. The zero-order valence-corrected chi connectivity index (χ0v) is 17.0. The summed E-state index contributed by atoms with van der Waals surface area (Å²) in [7, 11) is 0. The van der Waals surface area contributed by atoms with Crippen LogP contribution in [0.2, 0.25) is 5.15 Å². The van der Waals surface area contributed by atoms with Crippen LogP contribution in [0.5, 0.6) is 0 Å². The standard InChI is InChI=1S/C17H15ClF2N4O2.C2H6/c1-9-4-5-14-21-11(6-15(26)24(14)16(9)10(2)25)8-23-13(18)7-12(22-23)17(3,19)20;1-2/h4-7H,8H2,1-3H3;1-2H3. The molecule has 0 saturated heterocycles. The lowest BCUT2D eigenvalue weighted by Gasteiger charge is -2.10. The van der Waals surface area contributed by atoms with E-state index in [1.807, 2.05) is 13.8 Å². The first-order valence-corrected chi connectivity index (χ1v) is 9.10. The van der Waals surface area contributed by atoms with E-state index in [1.54, 1.807) is 19.1 Å². The number of fused-ring (bicyclic) bond motifs is 1. The highest BCUT2D eigenvalue weighted by Crippen LogP contribution is 2.28. The molecule has 28 heavy (non-hydrogen) atoms. The van der Waals surface area contributed by atoms with Crippen molar-refractivity contribution in [1.29, 1.82) is 0 Å². The van der Waals surface area contributed by atoms with Gasteiger partial charge in [0.15, 0.2) is 5.78 Å². The van der Waals surface area contributed by atoms with Crippen molar-refractivity contribution in [2.24, 2.45) is 0 Å². The van der Waals surface area contributed by atoms with E-state index in [1.165, 1.54) is 17.4 Å². The van der Waals surface area contributed by atoms with Crippen LogP contribution < -0.4 is 5.56 Å². The summed E-state index contributed by atoms with van der Waals surface area (Å²) in [6.07, 6.45) is 0. The van der Waals surface area contributed by atoms with Gasteiger partial charge in [-0.2, -0.15) is 13.9 Å². The molecule has 3 heterocycles. The second-order valence-electron chi connectivity index (χ2n) is 6.10. The number of ketones is 1. The molecule has 150 valence electrons. The van der Waals surface area contributed by atoms with E-state index in [2.05, 4.69) is 10.1 Å². The minimum absolute atomic E-state index is 0.0110. The molecule has 0 atom stereocenters. The van der Waals surface area contributed by atoms with Crippen molar-refractivity contribution in [1.82, 2.24) is 19.2 Å². The predicted octanol–water partition coefficient (Wildman–Crippen LogP) is 4.24. The fourth-order valence-corrected chi connectivity index (χ4v) is 2.93. The van der Waals surface area contributed by atoms with E-state index >= 15 is 0 Å². The number of rotatable bonds is 4. The molecule has 0 N–H and O–H groups in total. The number of pyridine rings is 1. The number of nitrogens with zero attached hydrogens (tertiary/aromatic N) is 4. The molecule has 0 radical (unpaired) electrons. The van der Waals surface area contributed by atoms with Crippen LogP contribution in [0.3, 0.4) is 0 Å². The molecule has 0 aliphatic carbocycles. The van der Waals surface area contributed by atoms with E-state index in [0.717, 1.165) is 17.7 Å². The molecule has 0 bridgehead atoms. The largest absolute Gasteiger partial charge is 0.293 e. The SMILES string of the molecule is CC.CC(=O)c1c(C)ccc2nc(Cn3nc(C(C)(F)F)cc3Cl)cc(=O)n12. The first-order chi connectivity index (χ1) is 13.1.